The number of rotatable bonds is 1. The van der Waals surface area contributed by atoms with Crippen molar-refractivity contribution in [3.63, 3.8) is 0 Å². The van der Waals surface area contributed by atoms with Crippen LogP contribution in [-0.4, -0.2) is 11.0 Å². The molecule has 0 amide bonds. The lowest BCUT2D eigenvalue weighted by molar-refractivity contribution is -0.135. The molecule has 1 aromatic carbocycles. The van der Waals surface area contributed by atoms with Crippen molar-refractivity contribution >= 4 is 5.97 Å². The predicted octanol–water partition coefficient (Wildman–Crippen LogP) is 2.12. The number of esters is 1. The maximum absolute atomic E-state index is 12.1. The van der Waals surface area contributed by atoms with Crippen LogP contribution in [0.25, 0.3) is 0 Å². The minimum Gasteiger partial charge on any atom is -0.426 e. The lowest BCUT2D eigenvalue weighted by Gasteiger charge is -2.24. The zero-order valence-electron chi connectivity index (χ0n) is 10.5. The molecule has 0 saturated heterocycles. The molecule has 0 radical (unpaired) electrons. The summed E-state index contributed by atoms with van der Waals surface area (Å²) in [5.41, 5.74) is 1.99. The Hall–Kier alpha value is -2.36. The number of ether oxygens (including phenoxy) is 1. The molecule has 2 heterocycles. The minimum absolute atomic E-state index is 0.184. The zero-order valence-corrected chi connectivity index (χ0v) is 10.5. The first-order valence-corrected chi connectivity index (χ1v) is 6.14. The molecule has 1 aromatic heterocycles. The highest BCUT2D eigenvalue weighted by Crippen LogP contribution is 2.36. The number of aromatic amines is 1. The van der Waals surface area contributed by atoms with Crippen LogP contribution in [0.2, 0.25) is 0 Å². The summed E-state index contributed by atoms with van der Waals surface area (Å²) in [6.45, 7) is 1.77. The maximum Gasteiger partial charge on any atom is 0.312 e. The Morgan fingerprint density at radius 1 is 1.21 bits per heavy atom. The normalized spacial score (nSPS) is 17.7. The topological polar surface area (TPSA) is 59.2 Å². The lowest BCUT2D eigenvalue weighted by Crippen LogP contribution is -2.28. The van der Waals surface area contributed by atoms with Gasteiger partial charge in [-0.2, -0.15) is 0 Å². The number of benzene rings is 1. The van der Waals surface area contributed by atoms with Crippen LogP contribution in [-0.2, 0) is 4.79 Å². The number of carbonyl (C=O) groups excluding carboxylic acids is 1. The van der Waals surface area contributed by atoms with E-state index in [0.717, 1.165) is 5.56 Å². The van der Waals surface area contributed by atoms with Gasteiger partial charge in [-0.25, -0.2) is 0 Å². The number of nitrogens with one attached hydrogen (secondary N) is 1. The number of aromatic nitrogens is 1. The summed E-state index contributed by atoms with van der Waals surface area (Å²) >= 11 is 0. The molecule has 1 aliphatic rings. The average Bonchev–Trinajstić information content (AvgIpc) is 2.38. The first-order chi connectivity index (χ1) is 9.15. The van der Waals surface area contributed by atoms with Crippen LogP contribution in [0, 0.1) is 6.92 Å². The van der Waals surface area contributed by atoms with Crippen LogP contribution in [0.15, 0.2) is 41.2 Å². The molecule has 2 aromatic rings. The van der Waals surface area contributed by atoms with Crippen molar-refractivity contribution in [1.82, 2.24) is 4.98 Å². The Bertz CT molecular complexity index is 688. The largest absolute Gasteiger partial charge is 0.426 e. The van der Waals surface area contributed by atoms with Crippen LogP contribution >= 0.6 is 0 Å². The Kier molecular flexibility index (Phi) is 2.71. The molecule has 1 atom stereocenters. The van der Waals surface area contributed by atoms with Gasteiger partial charge in [-0.1, -0.05) is 30.3 Å². The second kappa shape index (κ2) is 4.39. The Morgan fingerprint density at radius 3 is 2.68 bits per heavy atom. The second-order valence-electron chi connectivity index (χ2n) is 4.70. The molecule has 4 nitrogen and oxygen atoms in total. The fourth-order valence-corrected chi connectivity index (χ4v) is 2.49. The molecule has 0 unspecified atom stereocenters. The summed E-state index contributed by atoms with van der Waals surface area (Å²) in [5.74, 6) is -0.153. The molecular weight excluding hydrogens is 242 g/mol. The highest BCUT2D eigenvalue weighted by atomic mass is 16.5. The van der Waals surface area contributed by atoms with Crippen molar-refractivity contribution in [2.45, 2.75) is 19.3 Å². The van der Waals surface area contributed by atoms with E-state index >= 15 is 0 Å². The molecule has 0 spiro atoms. The number of aryl methyl sites for hydroxylation is 1. The van der Waals surface area contributed by atoms with Crippen molar-refractivity contribution in [3.05, 3.63) is 63.6 Å². The van der Waals surface area contributed by atoms with Gasteiger partial charge in [0, 0.05) is 17.7 Å². The van der Waals surface area contributed by atoms with Crippen molar-refractivity contribution in [1.29, 1.82) is 0 Å². The van der Waals surface area contributed by atoms with E-state index in [2.05, 4.69) is 4.98 Å². The summed E-state index contributed by atoms with van der Waals surface area (Å²) in [7, 11) is 0. The van der Waals surface area contributed by atoms with E-state index in [4.69, 9.17) is 4.74 Å². The van der Waals surface area contributed by atoms with Crippen molar-refractivity contribution < 1.29 is 9.53 Å². The third-order valence-electron chi connectivity index (χ3n) is 3.31. The number of hydrogen-bond acceptors (Lipinski definition) is 3. The van der Waals surface area contributed by atoms with Gasteiger partial charge in [0.2, 0.25) is 0 Å². The molecular formula is C15H13NO3. The summed E-state index contributed by atoms with van der Waals surface area (Å²) in [6.07, 6.45) is 0.198. The molecule has 0 bridgehead atoms. The highest BCUT2D eigenvalue weighted by Gasteiger charge is 2.31. The van der Waals surface area contributed by atoms with E-state index in [-0.39, 0.29) is 23.9 Å². The molecule has 96 valence electrons. The maximum atomic E-state index is 12.1. The van der Waals surface area contributed by atoms with Gasteiger partial charge in [0.25, 0.3) is 5.56 Å². The standard InChI is InChI=1S/C15H13NO3/c1-9-7-12-14(15(18)16-9)11(8-13(17)19-12)10-5-3-2-4-6-10/h2-7,11H,8H2,1H3,(H,16,18)/t11-/m1/s1. The molecule has 0 aliphatic carbocycles. The number of fused-ring (bicyclic) bond motifs is 1. The van der Waals surface area contributed by atoms with E-state index in [1.54, 1.807) is 13.0 Å². The van der Waals surface area contributed by atoms with Crippen molar-refractivity contribution in [2.75, 3.05) is 0 Å². The average molecular weight is 255 g/mol. The quantitative estimate of drug-likeness (QED) is 0.794. The SMILES string of the molecule is Cc1cc2c(c(=O)[nH]1)[C@@H](c1ccccc1)CC(=O)O2. The monoisotopic (exact) mass is 255 g/mol. The third-order valence-corrected chi connectivity index (χ3v) is 3.31. The van der Waals surface area contributed by atoms with E-state index in [1.807, 2.05) is 30.3 Å². The first-order valence-electron chi connectivity index (χ1n) is 6.14. The molecule has 1 N–H and O–H groups in total. The Balaban J connectivity index is 2.20. The molecule has 1 aliphatic heterocycles. The Labute approximate surface area is 110 Å². The number of hydrogen-bond donors (Lipinski definition) is 1. The molecule has 19 heavy (non-hydrogen) atoms. The van der Waals surface area contributed by atoms with Crippen molar-refractivity contribution in [2.24, 2.45) is 0 Å². The van der Waals surface area contributed by atoms with E-state index in [0.29, 0.717) is 17.0 Å². The van der Waals surface area contributed by atoms with Gasteiger partial charge in [0.15, 0.2) is 0 Å². The van der Waals surface area contributed by atoms with E-state index in [9.17, 15) is 9.59 Å². The minimum atomic E-state index is -0.300. The smallest absolute Gasteiger partial charge is 0.312 e. The summed E-state index contributed by atoms with van der Waals surface area (Å²) in [6, 6.07) is 11.3. The highest BCUT2D eigenvalue weighted by molar-refractivity contribution is 5.77. The van der Waals surface area contributed by atoms with Crippen molar-refractivity contribution in [3.8, 4) is 5.75 Å². The Morgan fingerprint density at radius 2 is 1.95 bits per heavy atom. The number of H-pyrrole nitrogens is 1. The number of carbonyl (C=O) groups is 1. The van der Waals surface area contributed by atoms with Gasteiger partial charge in [0.05, 0.1) is 12.0 Å². The third kappa shape index (κ3) is 2.05. The van der Waals surface area contributed by atoms with Crippen LogP contribution in [0.4, 0.5) is 0 Å². The van der Waals surface area contributed by atoms with E-state index < -0.39 is 0 Å². The fraction of sp³-hybridized carbons (Fsp3) is 0.200. The molecule has 0 saturated carbocycles. The predicted molar refractivity (Wildman–Crippen MR) is 70.3 cm³/mol. The summed E-state index contributed by atoms with van der Waals surface area (Å²) < 4.78 is 5.19. The van der Waals surface area contributed by atoms with Gasteiger partial charge < -0.3 is 9.72 Å². The summed E-state index contributed by atoms with van der Waals surface area (Å²) in [4.78, 5) is 26.6. The van der Waals surface area contributed by atoms with Crippen LogP contribution in [0.1, 0.15) is 29.2 Å². The van der Waals surface area contributed by atoms with Gasteiger partial charge >= 0.3 is 5.97 Å². The van der Waals surface area contributed by atoms with Gasteiger partial charge in [-0.05, 0) is 12.5 Å². The number of pyridine rings is 1. The summed E-state index contributed by atoms with van der Waals surface area (Å²) in [5, 5.41) is 0. The van der Waals surface area contributed by atoms with Gasteiger partial charge in [-0.15, -0.1) is 0 Å². The van der Waals surface area contributed by atoms with Crippen LogP contribution in [0.3, 0.4) is 0 Å². The zero-order chi connectivity index (χ0) is 13.4. The van der Waals surface area contributed by atoms with Gasteiger partial charge in [0.1, 0.15) is 5.75 Å². The molecule has 3 rings (SSSR count). The van der Waals surface area contributed by atoms with Crippen LogP contribution in [0.5, 0.6) is 5.75 Å². The molecule has 4 heteroatoms. The van der Waals surface area contributed by atoms with Crippen LogP contribution < -0.4 is 10.3 Å². The molecule has 0 fully saturated rings. The second-order valence-corrected chi connectivity index (χ2v) is 4.70. The fourth-order valence-electron chi connectivity index (χ4n) is 2.49. The lowest BCUT2D eigenvalue weighted by atomic mass is 9.87. The van der Waals surface area contributed by atoms with Gasteiger partial charge in [-0.3, -0.25) is 9.59 Å². The first kappa shape index (κ1) is 11.7. The van der Waals surface area contributed by atoms with E-state index in [1.165, 1.54) is 0 Å².